The van der Waals surface area contributed by atoms with Gasteiger partial charge in [0.1, 0.15) is 0 Å². The SMILES string of the molecule is CCOC(=O)C(C)(C#N)Cc1ccc(Br)cc1. The summed E-state index contributed by atoms with van der Waals surface area (Å²) in [5, 5.41) is 9.14. The van der Waals surface area contributed by atoms with Gasteiger partial charge in [0.15, 0.2) is 5.41 Å². The molecule has 0 saturated carbocycles. The van der Waals surface area contributed by atoms with E-state index in [0.29, 0.717) is 6.42 Å². The first-order valence-corrected chi connectivity index (χ1v) is 6.14. The molecule has 0 fully saturated rings. The van der Waals surface area contributed by atoms with Crippen molar-refractivity contribution < 1.29 is 9.53 Å². The number of hydrogen-bond acceptors (Lipinski definition) is 3. The standard InChI is InChI=1S/C13H14BrNO2/c1-3-17-12(16)13(2,9-15)8-10-4-6-11(14)7-5-10/h4-7H,3,8H2,1-2H3. The van der Waals surface area contributed by atoms with E-state index in [9.17, 15) is 4.79 Å². The normalized spacial score (nSPS) is 13.5. The maximum atomic E-state index is 11.7. The Morgan fingerprint density at radius 3 is 2.53 bits per heavy atom. The molecule has 0 bridgehead atoms. The fraction of sp³-hybridized carbons (Fsp3) is 0.385. The van der Waals surface area contributed by atoms with Crippen molar-refractivity contribution in [3.63, 3.8) is 0 Å². The van der Waals surface area contributed by atoms with E-state index in [1.165, 1.54) is 0 Å². The molecule has 17 heavy (non-hydrogen) atoms. The molecule has 4 heteroatoms. The number of halogens is 1. The number of carbonyl (C=O) groups is 1. The molecule has 90 valence electrons. The molecular weight excluding hydrogens is 282 g/mol. The molecular formula is C13H14BrNO2. The van der Waals surface area contributed by atoms with Crippen LogP contribution in [0.1, 0.15) is 19.4 Å². The molecule has 0 heterocycles. The van der Waals surface area contributed by atoms with Crippen molar-refractivity contribution in [1.29, 1.82) is 5.26 Å². The van der Waals surface area contributed by atoms with Gasteiger partial charge in [-0.25, -0.2) is 0 Å². The fourth-order valence-electron chi connectivity index (χ4n) is 1.46. The van der Waals surface area contributed by atoms with Crippen LogP contribution in [0.5, 0.6) is 0 Å². The summed E-state index contributed by atoms with van der Waals surface area (Å²) in [6, 6.07) is 9.59. The quantitative estimate of drug-likeness (QED) is 0.802. The Hall–Kier alpha value is -1.34. The average Bonchev–Trinajstić information content (AvgIpc) is 2.32. The Morgan fingerprint density at radius 2 is 2.06 bits per heavy atom. The molecule has 0 amide bonds. The van der Waals surface area contributed by atoms with Gasteiger partial charge in [-0.2, -0.15) is 5.26 Å². The summed E-state index contributed by atoms with van der Waals surface area (Å²) < 4.78 is 5.89. The minimum Gasteiger partial charge on any atom is -0.465 e. The highest BCUT2D eigenvalue weighted by atomic mass is 79.9. The van der Waals surface area contributed by atoms with Crippen molar-refractivity contribution in [1.82, 2.24) is 0 Å². The average molecular weight is 296 g/mol. The summed E-state index contributed by atoms with van der Waals surface area (Å²) >= 11 is 3.34. The third kappa shape index (κ3) is 3.57. The summed E-state index contributed by atoms with van der Waals surface area (Å²) in [5.74, 6) is -0.467. The van der Waals surface area contributed by atoms with Gasteiger partial charge in [0.05, 0.1) is 12.7 Å². The van der Waals surface area contributed by atoms with E-state index in [1.54, 1.807) is 13.8 Å². The van der Waals surface area contributed by atoms with Crippen molar-refractivity contribution >= 4 is 21.9 Å². The van der Waals surface area contributed by atoms with E-state index in [0.717, 1.165) is 10.0 Å². The van der Waals surface area contributed by atoms with E-state index in [1.807, 2.05) is 30.3 Å². The molecule has 0 aliphatic carbocycles. The van der Waals surface area contributed by atoms with E-state index < -0.39 is 11.4 Å². The van der Waals surface area contributed by atoms with Crippen LogP contribution in [-0.4, -0.2) is 12.6 Å². The van der Waals surface area contributed by atoms with Crippen LogP contribution in [0.3, 0.4) is 0 Å². The first-order chi connectivity index (χ1) is 8.01. The van der Waals surface area contributed by atoms with Crippen LogP contribution in [0.4, 0.5) is 0 Å². The number of nitrogens with zero attached hydrogens (tertiary/aromatic N) is 1. The van der Waals surface area contributed by atoms with Gasteiger partial charge >= 0.3 is 5.97 Å². The number of esters is 1. The highest BCUT2D eigenvalue weighted by Crippen LogP contribution is 2.24. The largest absolute Gasteiger partial charge is 0.465 e. The molecule has 0 spiro atoms. The zero-order valence-electron chi connectivity index (χ0n) is 9.87. The third-order valence-corrected chi connectivity index (χ3v) is 2.97. The van der Waals surface area contributed by atoms with Crippen LogP contribution < -0.4 is 0 Å². The molecule has 0 saturated heterocycles. The van der Waals surface area contributed by atoms with Gasteiger partial charge in [-0.05, 0) is 31.5 Å². The van der Waals surface area contributed by atoms with Crippen LogP contribution in [-0.2, 0) is 16.0 Å². The zero-order chi connectivity index (χ0) is 12.9. The van der Waals surface area contributed by atoms with Crippen LogP contribution >= 0.6 is 15.9 Å². The molecule has 1 rings (SSSR count). The van der Waals surface area contributed by atoms with E-state index in [4.69, 9.17) is 10.00 Å². The molecule has 0 aromatic heterocycles. The van der Waals surface area contributed by atoms with E-state index in [-0.39, 0.29) is 6.61 Å². The number of ether oxygens (including phenoxy) is 1. The lowest BCUT2D eigenvalue weighted by Crippen LogP contribution is -2.30. The van der Waals surface area contributed by atoms with Gasteiger partial charge in [0.2, 0.25) is 0 Å². The first-order valence-electron chi connectivity index (χ1n) is 5.35. The van der Waals surface area contributed by atoms with Gasteiger partial charge in [-0.1, -0.05) is 28.1 Å². The van der Waals surface area contributed by atoms with Gasteiger partial charge in [0, 0.05) is 10.9 Å². The van der Waals surface area contributed by atoms with Gasteiger partial charge in [0.25, 0.3) is 0 Å². The van der Waals surface area contributed by atoms with Crippen molar-refractivity contribution in [2.24, 2.45) is 5.41 Å². The molecule has 0 aliphatic rings. The molecule has 0 aliphatic heterocycles. The number of nitriles is 1. The lowest BCUT2D eigenvalue weighted by molar-refractivity contribution is -0.151. The zero-order valence-corrected chi connectivity index (χ0v) is 11.5. The Morgan fingerprint density at radius 1 is 1.47 bits per heavy atom. The predicted octanol–water partition coefficient (Wildman–Crippen LogP) is 3.08. The van der Waals surface area contributed by atoms with Crippen molar-refractivity contribution in [2.75, 3.05) is 6.61 Å². The van der Waals surface area contributed by atoms with Crippen LogP contribution in [0.25, 0.3) is 0 Å². The highest BCUT2D eigenvalue weighted by Gasteiger charge is 2.35. The predicted molar refractivity (Wildman–Crippen MR) is 68.2 cm³/mol. The first kappa shape index (κ1) is 13.7. The van der Waals surface area contributed by atoms with Gasteiger partial charge < -0.3 is 4.74 Å². The summed E-state index contributed by atoms with van der Waals surface area (Å²) in [4.78, 5) is 11.7. The molecule has 0 N–H and O–H groups in total. The Kier molecular flexibility index (Phi) is 4.71. The molecule has 1 atom stereocenters. The number of rotatable bonds is 4. The fourth-order valence-corrected chi connectivity index (χ4v) is 1.72. The lowest BCUT2D eigenvalue weighted by atomic mass is 9.85. The number of benzene rings is 1. The molecule has 1 aromatic carbocycles. The Balaban J connectivity index is 2.86. The van der Waals surface area contributed by atoms with E-state index in [2.05, 4.69) is 15.9 Å². The Labute approximate surface area is 110 Å². The van der Waals surface area contributed by atoms with Crippen LogP contribution in [0.15, 0.2) is 28.7 Å². The van der Waals surface area contributed by atoms with Gasteiger partial charge in [-0.3, -0.25) is 4.79 Å². The molecule has 1 aromatic rings. The summed E-state index contributed by atoms with van der Waals surface area (Å²) in [6.45, 7) is 3.62. The third-order valence-electron chi connectivity index (χ3n) is 2.44. The van der Waals surface area contributed by atoms with Crippen molar-refractivity contribution in [3.8, 4) is 6.07 Å². The smallest absolute Gasteiger partial charge is 0.326 e. The lowest BCUT2D eigenvalue weighted by Gasteiger charge is -2.19. The maximum Gasteiger partial charge on any atom is 0.326 e. The highest BCUT2D eigenvalue weighted by molar-refractivity contribution is 9.10. The van der Waals surface area contributed by atoms with Crippen molar-refractivity contribution in [2.45, 2.75) is 20.3 Å². The van der Waals surface area contributed by atoms with Crippen LogP contribution in [0, 0.1) is 16.7 Å². The molecule has 1 unspecified atom stereocenters. The second-order valence-corrected chi connectivity index (χ2v) is 4.88. The Bertz CT molecular complexity index is 436. The minimum absolute atomic E-state index is 0.288. The minimum atomic E-state index is -1.12. The van der Waals surface area contributed by atoms with Crippen LogP contribution in [0.2, 0.25) is 0 Å². The summed E-state index contributed by atoms with van der Waals surface area (Å²) in [7, 11) is 0. The monoisotopic (exact) mass is 295 g/mol. The summed E-state index contributed by atoms with van der Waals surface area (Å²) in [6.07, 6.45) is 0.357. The van der Waals surface area contributed by atoms with Gasteiger partial charge in [-0.15, -0.1) is 0 Å². The van der Waals surface area contributed by atoms with Crippen molar-refractivity contribution in [3.05, 3.63) is 34.3 Å². The topological polar surface area (TPSA) is 50.1 Å². The summed E-state index contributed by atoms with van der Waals surface area (Å²) in [5.41, 5.74) is -0.186. The second-order valence-electron chi connectivity index (χ2n) is 3.97. The maximum absolute atomic E-state index is 11.7. The number of carbonyl (C=O) groups excluding carboxylic acids is 1. The number of hydrogen-bond donors (Lipinski definition) is 0. The van der Waals surface area contributed by atoms with E-state index >= 15 is 0 Å². The molecule has 3 nitrogen and oxygen atoms in total. The second kappa shape index (κ2) is 5.83. The molecule has 0 radical (unpaired) electrons.